The van der Waals surface area contributed by atoms with Gasteiger partial charge in [0.1, 0.15) is 0 Å². The number of aryl methyl sites for hydroxylation is 1. The van der Waals surface area contributed by atoms with Crippen molar-refractivity contribution in [2.75, 3.05) is 13.1 Å². The van der Waals surface area contributed by atoms with E-state index in [1.54, 1.807) is 0 Å². The molecule has 1 aromatic carbocycles. The number of rotatable bonds is 4. The molecule has 0 N–H and O–H groups in total. The SMILES string of the molecule is C#CCN(CC(C)C)C1CCc2ccccc21. The maximum atomic E-state index is 5.50. The highest BCUT2D eigenvalue weighted by Crippen LogP contribution is 2.35. The summed E-state index contributed by atoms with van der Waals surface area (Å²) in [5, 5.41) is 0. The standard InChI is InChI=1S/C16H21N/c1-4-11-17(12-13(2)3)16-10-9-14-7-5-6-8-15(14)16/h1,5-8,13,16H,9-12H2,2-3H3. The maximum Gasteiger partial charge on any atom is 0.0604 e. The maximum absolute atomic E-state index is 5.50. The van der Waals surface area contributed by atoms with Crippen molar-refractivity contribution < 1.29 is 0 Å². The highest BCUT2D eigenvalue weighted by atomic mass is 15.2. The Bertz CT molecular complexity index is 414. The van der Waals surface area contributed by atoms with Gasteiger partial charge >= 0.3 is 0 Å². The highest BCUT2D eigenvalue weighted by Gasteiger charge is 2.27. The molecule has 0 spiro atoms. The summed E-state index contributed by atoms with van der Waals surface area (Å²) in [7, 11) is 0. The minimum absolute atomic E-state index is 0.532. The molecule has 90 valence electrons. The first-order valence-corrected chi connectivity index (χ1v) is 6.47. The summed E-state index contributed by atoms with van der Waals surface area (Å²) in [6, 6.07) is 9.32. The van der Waals surface area contributed by atoms with Gasteiger partial charge in [-0.15, -0.1) is 6.42 Å². The Morgan fingerprint density at radius 2 is 2.18 bits per heavy atom. The molecule has 0 fully saturated rings. The van der Waals surface area contributed by atoms with Crippen molar-refractivity contribution >= 4 is 0 Å². The normalized spacial score (nSPS) is 18.4. The lowest BCUT2D eigenvalue weighted by molar-refractivity contribution is 0.198. The van der Waals surface area contributed by atoms with Gasteiger partial charge < -0.3 is 0 Å². The van der Waals surface area contributed by atoms with E-state index < -0.39 is 0 Å². The van der Waals surface area contributed by atoms with E-state index in [1.165, 1.54) is 24.0 Å². The van der Waals surface area contributed by atoms with Gasteiger partial charge in [0.15, 0.2) is 0 Å². The predicted molar refractivity (Wildman–Crippen MR) is 72.7 cm³/mol. The summed E-state index contributed by atoms with van der Waals surface area (Å²) in [4.78, 5) is 2.45. The molecule has 0 heterocycles. The Kier molecular flexibility index (Phi) is 3.86. The largest absolute Gasteiger partial charge is 0.285 e. The molecular weight excluding hydrogens is 206 g/mol. The molecule has 1 unspecified atom stereocenters. The molecule has 0 radical (unpaired) electrons. The van der Waals surface area contributed by atoms with Crippen LogP contribution in [0.25, 0.3) is 0 Å². The first kappa shape index (κ1) is 12.2. The Morgan fingerprint density at radius 3 is 2.88 bits per heavy atom. The number of fused-ring (bicyclic) bond motifs is 1. The molecule has 17 heavy (non-hydrogen) atoms. The van der Waals surface area contributed by atoms with Gasteiger partial charge in [0, 0.05) is 12.6 Å². The van der Waals surface area contributed by atoms with Gasteiger partial charge in [-0.05, 0) is 29.9 Å². The predicted octanol–water partition coefficient (Wildman–Crippen LogP) is 3.27. The molecule has 1 nitrogen and oxygen atoms in total. The third-order valence-corrected chi connectivity index (χ3v) is 3.44. The zero-order valence-electron chi connectivity index (χ0n) is 10.8. The summed E-state index contributed by atoms with van der Waals surface area (Å²) in [6.45, 7) is 6.36. The number of benzene rings is 1. The molecule has 1 heteroatoms. The van der Waals surface area contributed by atoms with E-state index >= 15 is 0 Å². The molecule has 0 saturated heterocycles. The summed E-state index contributed by atoms with van der Waals surface area (Å²) in [6.07, 6.45) is 7.91. The van der Waals surface area contributed by atoms with Crippen LogP contribution in [-0.2, 0) is 6.42 Å². The van der Waals surface area contributed by atoms with Crippen molar-refractivity contribution in [1.29, 1.82) is 0 Å². The van der Waals surface area contributed by atoms with Crippen LogP contribution in [0.2, 0.25) is 0 Å². The first-order valence-electron chi connectivity index (χ1n) is 6.47. The zero-order chi connectivity index (χ0) is 12.3. The quantitative estimate of drug-likeness (QED) is 0.714. The summed E-state index contributed by atoms with van der Waals surface area (Å²) >= 11 is 0. The van der Waals surface area contributed by atoms with Crippen molar-refractivity contribution in [3.8, 4) is 12.3 Å². The molecule has 0 aromatic heterocycles. The van der Waals surface area contributed by atoms with Crippen LogP contribution in [-0.4, -0.2) is 18.0 Å². The van der Waals surface area contributed by atoms with Gasteiger partial charge in [-0.25, -0.2) is 0 Å². The van der Waals surface area contributed by atoms with Crippen LogP contribution in [0, 0.1) is 18.3 Å². The summed E-state index contributed by atoms with van der Waals surface area (Å²) < 4.78 is 0. The molecule has 0 amide bonds. The number of hydrogen-bond donors (Lipinski definition) is 0. The molecule has 1 aromatic rings. The van der Waals surface area contributed by atoms with Gasteiger partial charge in [0.25, 0.3) is 0 Å². The summed E-state index contributed by atoms with van der Waals surface area (Å²) in [5.74, 6) is 3.47. The van der Waals surface area contributed by atoms with E-state index in [2.05, 4.69) is 48.9 Å². The van der Waals surface area contributed by atoms with Gasteiger partial charge in [0.05, 0.1) is 6.54 Å². The molecule has 0 aliphatic heterocycles. The van der Waals surface area contributed by atoms with Crippen LogP contribution in [0.5, 0.6) is 0 Å². The van der Waals surface area contributed by atoms with Crippen LogP contribution in [0.4, 0.5) is 0 Å². The Balaban J connectivity index is 2.19. The van der Waals surface area contributed by atoms with E-state index in [4.69, 9.17) is 6.42 Å². The molecule has 1 aliphatic carbocycles. The van der Waals surface area contributed by atoms with Gasteiger partial charge in [-0.1, -0.05) is 44.0 Å². The monoisotopic (exact) mass is 227 g/mol. The average molecular weight is 227 g/mol. The molecule has 0 saturated carbocycles. The fraction of sp³-hybridized carbons (Fsp3) is 0.500. The second-order valence-corrected chi connectivity index (χ2v) is 5.28. The van der Waals surface area contributed by atoms with Crippen LogP contribution in [0.15, 0.2) is 24.3 Å². The van der Waals surface area contributed by atoms with Gasteiger partial charge in [-0.3, -0.25) is 4.90 Å². The molecule has 2 rings (SSSR count). The highest BCUT2D eigenvalue weighted by molar-refractivity contribution is 5.34. The van der Waals surface area contributed by atoms with Gasteiger partial charge in [-0.2, -0.15) is 0 Å². The van der Waals surface area contributed by atoms with Crippen molar-refractivity contribution in [2.24, 2.45) is 5.92 Å². The Labute approximate surface area is 105 Å². The van der Waals surface area contributed by atoms with Crippen LogP contribution >= 0.6 is 0 Å². The average Bonchev–Trinajstić information content (AvgIpc) is 2.71. The second-order valence-electron chi connectivity index (χ2n) is 5.28. The fourth-order valence-electron chi connectivity index (χ4n) is 2.80. The Hall–Kier alpha value is -1.26. The lowest BCUT2D eigenvalue weighted by Gasteiger charge is -2.29. The van der Waals surface area contributed by atoms with Crippen LogP contribution < -0.4 is 0 Å². The molecular formula is C16H21N. The number of hydrogen-bond acceptors (Lipinski definition) is 1. The lowest BCUT2D eigenvalue weighted by Crippen LogP contribution is -2.31. The van der Waals surface area contributed by atoms with E-state index in [0.717, 1.165) is 13.1 Å². The van der Waals surface area contributed by atoms with Crippen molar-refractivity contribution in [2.45, 2.75) is 32.7 Å². The van der Waals surface area contributed by atoms with E-state index in [-0.39, 0.29) is 0 Å². The second kappa shape index (κ2) is 5.38. The summed E-state index contributed by atoms with van der Waals surface area (Å²) in [5.41, 5.74) is 2.99. The van der Waals surface area contributed by atoms with Gasteiger partial charge in [0.2, 0.25) is 0 Å². The minimum atomic E-state index is 0.532. The van der Waals surface area contributed by atoms with E-state index in [1.807, 2.05) is 0 Å². The third-order valence-electron chi connectivity index (χ3n) is 3.44. The number of terminal acetylenes is 1. The Morgan fingerprint density at radius 1 is 1.41 bits per heavy atom. The van der Waals surface area contributed by atoms with E-state index in [0.29, 0.717) is 12.0 Å². The molecule has 0 bridgehead atoms. The first-order chi connectivity index (χ1) is 8.22. The van der Waals surface area contributed by atoms with Crippen LogP contribution in [0.1, 0.15) is 37.4 Å². The van der Waals surface area contributed by atoms with Crippen molar-refractivity contribution in [1.82, 2.24) is 4.90 Å². The molecule has 1 atom stereocenters. The van der Waals surface area contributed by atoms with E-state index in [9.17, 15) is 0 Å². The van der Waals surface area contributed by atoms with Crippen LogP contribution in [0.3, 0.4) is 0 Å². The number of nitrogens with zero attached hydrogens (tertiary/aromatic N) is 1. The smallest absolute Gasteiger partial charge is 0.0604 e. The zero-order valence-corrected chi connectivity index (χ0v) is 10.8. The minimum Gasteiger partial charge on any atom is -0.285 e. The molecule has 1 aliphatic rings. The van der Waals surface area contributed by atoms with Crippen molar-refractivity contribution in [3.63, 3.8) is 0 Å². The fourth-order valence-corrected chi connectivity index (χ4v) is 2.80. The topological polar surface area (TPSA) is 3.24 Å². The lowest BCUT2D eigenvalue weighted by atomic mass is 10.1. The third kappa shape index (κ3) is 2.70. The van der Waals surface area contributed by atoms with Crippen molar-refractivity contribution in [3.05, 3.63) is 35.4 Å².